The van der Waals surface area contributed by atoms with E-state index >= 15 is 0 Å². The summed E-state index contributed by atoms with van der Waals surface area (Å²) in [6.07, 6.45) is 3.07. The van der Waals surface area contributed by atoms with Crippen LogP contribution in [0.2, 0.25) is 0 Å². The van der Waals surface area contributed by atoms with E-state index in [4.69, 9.17) is 9.47 Å². The van der Waals surface area contributed by atoms with Crippen LogP contribution in [0.4, 0.5) is 4.39 Å². The number of carbonyl (C=O) groups is 2. The molecule has 1 N–H and O–H groups in total. The van der Waals surface area contributed by atoms with Gasteiger partial charge in [-0.1, -0.05) is 29.8 Å². The number of esters is 1. The van der Waals surface area contributed by atoms with Crippen LogP contribution in [-0.4, -0.2) is 36.0 Å². The van der Waals surface area contributed by atoms with E-state index in [9.17, 15) is 19.1 Å². The predicted octanol–water partition coefficient (Wildman–Crippen LogP) is 4.45. The Hall–Kier alpha value is -3.35. The fraction of sp³-hybridized carbons (Fsp3) is 0.360. The Morgan fingerprint density at radius 2 is 2.03 bits per heavy atom. The maximum atomic E-state index is 13.8. The average molecular weight is 441 g/mol. The number of halogens is 1. The summed E-state index contributed by atoms with van der Waals surface area (Å²) < 4.78 is 24.4. The molecule has 0 saturated heterocycles. The fourth-order valence-electron chi connectivity index (χ4n) is 3.87. The summed E-state index contributed by atoms with van der Waals surface area (Å²) in [5.74, 6) is -0.532. The van der Waals surface area contributed by atoms with Gasteiger partial charge >= 0.3 is 5.97 Å². The molecule has 0 bridgehead atoms. The normalized spacial score (nSPS) is 13.0. The molecule has 0 fully saturated rings. The maximum Gasteiger partial charge on any atom is 0.342 e. The summed E-state index contributed by atoms with van der Waals surface area (Å²) in [6.45, 7) is 4.08. The highest BCUT2D eigenvalue weighted by Gasteiger charge is 2.31. The smallest absolute Gasteiger partial charge is 0.342 e. The van der Waals surface area contributed by atoms with Crippen LogP contribution in [-0.2, 0) is 29.1 Å². The first-order valence-electron chi connectivity index (χ1n) is 10.5. The van der Waals surface area contributed by atoms with Crippen LogP contribution in [0, 0.1) is 12.7 Å². The number of benzene rings is 2. The number of hydrogen-bond acceptors (Lipinski definition) is 5. The molecule has 3 rings (SSSR count). The Bertz CT molecular complexity index is 1080. The van der Waals surface area contributed by atoms with E-state index in [-0.39, 0.29) is 42.6 Å². The van der Waals surface area contributed by atoms with Gasteiger partial charge in [0.25, 0.3) is 0 Å². The zero-order chi connectivity index (χ0) is 23.4. The summed E-state index contributed by atoms with van der Waals surface area (Å²) >= 11 is 0. The van der Waals surface area contributed by atoms with E-state index in [1.54, 1.807) is 25.2 Å². The lowest BCUT2D eigenvalue weighted by atomic mass is 9.94. The van der Waals surface area contributed by atoms with E-state index < -0.39 is 5.97 Å². The first-order valence-corrected chi connectivity index (χ1v) is 10.5. The molecular formula is C25H28FNO5. The van der Waals surface area contributed by atoms with Crippen LogP contribution in [0.15, 0.2) is 35.9 Å². The minimum Gasteiger partial charge on any atom is -0.507 e. The molecule has 2 aromatic rings. The van der Waals surface area contributed by atoms with E-state index in [1.165, 1.54) is 18.1 Å². The number of ether oxygens (including phenoxy) is 2. The number of phenolic OH excluding ortho intramolecular Hbond substituents is 1. The van der Waals surface area contributed by atoms with E-state index in [0.717, 1.165) is 11.1 Å². The minimum atomic E-state index is -0.534. The number of phenols is 1. The van der Waals surface area contributed by atoms with Crippen LogP contribution < -0.4 is 4.74 Å². The number of amides is 1. The molecule has 0 aromatic heterocycles. The zero-order valence-corrected chi connectivity index (χ0v) is 18.8. The molecule has 0 spiro atoms. The lowest BCUT2D eigenvalue weighted by Crippen LogP contribution is -2.26. The fourth-order valence-corrected chi connectivity index (χ4v) is 3.87. The molecule has 1 amide bonds. The lowest BCUT2D eigenvalue weighted by Gasteiger charge is -2.18. The zero-order valence-electron chi connectivity index (χ0n) is 18.8. The van der Waals surface area contributed by atoms with Crippen molar-refractivity contribution in [2.75, 3.05) is 14.2 Å². The molecule has 1 aliphatic heterocycles. The van der Waals surface area contributed by atoms with Gasteiger partial charge in [-0.25, -0.2) is 9.18 Å². The molecule has 32 heavy (non-hydrogen) atoms. The van der Waals surface area contributed by atoms with Crippen LogP contribution >= 0.6 is 0 Å². The largest absolute Gasteiger partial charge is 0.507 e. The van der Waals surface area contributed by atoms with Gasteiger partial charge in [-0.3, -0.25) is 4.79 Å². The van der Waals surface area contributed by atoms with Gasteiger partial charge in [-0.05, 0) is 38.3 Å². The highest BCUT2D eigenvalue weighted by Crippen LogP contribution is 2.42. The second-order valence-electron chi connectivity index (χ2n) is 8.01. The molecule has 0 atom stereocenters. The number of hydrogen-bond donors (Lipinski definition) is 1. The van der Waals surface area contributed by atoms with Gasteiger partial charge in [-0.2, -0.15) is 0 Å². The highest BCUT2D eigenvalue weighted by atomic mass is 19.1. The number of rotatable bonds is 8. The van der Waals surface area contributed by atoms with Gasteiger partial charge in [0.15, 0.2) is 0 Å². The van der Waals surface area contributed by atoms with Crippen LogP contribution in [0.3, 0.4) is 0 Å². The molecule has 7 heteroatoms. The van der Waals surface area contributed by atoms with Crippen molar-refractivity contribution in [3.8, 4) is 11.5 Å². The number of cyclic esters (lactones) is 1. The Kier molecular flexibility index (Phi) is 7.18. The third kappa shape index (κ3) is 4.77. The molecule has 2 aromatic carbocycles. The Morgan fingerprint density at radius 1 is 1.31 bits per heavy atom. The van der Waals surface area contributed by atoms with Crippen molar-refractivity contribution >= 4 is 11.9 Å². The first-order chi connectivity index (χ1) is 15.2. The van der Waals surface area contributed by atoms with Crippen LogP contribution in [0.1, 0.15) is 52.4 Å². The second-order valence-corrected chi connectivity index (χ2v) is 8.01. The topological polar surface area (TPSA) is 76.1 Å². The third-order valence-electron chi connectivity index (χ3n) is 5.83. The van der Waals surface area contributed by atoms with Crippen molar-refractivity contribution in [3.05, 3.63) is 69.5 Å². The summed E-state index contributed by atoms with van der Waals surface area (Å²) in [6, 6.07) is 6.41. The van der Waals surface area contributed by atoms with E-state index in [0.29, 0.717) is 35.3 Å². The van der Waals surface area contributed by atoms with Gasteiger partial charge < -0.3 is 19.5 Å². The summed E-state index contributed by atoms with van der Waals surface area (Å²) in [5, 5.41) is 10.7. The molecule has 0 radical (unpaired) electrons. The Labute approximate surface area is 187 Å². The number of fused-ring (bicyclic) bond motifs is 1. The molecule has 1 aliphatic rings. The van der Waals surface area contributed by atoms with Crippen molar-refractivity contribution in [1.29, 1.82) is 0 Å². The van der Waals surface area contributed by atoms with Gasteiger partial charge in [0.1, 0.15) is 29.5 Å². The van der Waals surface area contributed by atoms with Crippen molar-refractivity contribution < 1.29 is 28.6 Å². The van der Waals surface area contributed by atoms with E-state index in [2.05, 4.69) is 0 Å². The number of nitrogens with zero attached hydrogens (tertiary/aromatic N) is 1. The molecular weight excluding hydrogens is 413 g/mol. The highest BCUT2D eigenvalue weighted by molar-refractivity contribution is 5.98. The standard InChI is InChI=1S/C25H28FNO5/c1-15(10-12-21(28)27(3)13-17-7-5-6-8-20(17)26)9-11-18-23(29)22-19(14-32-25(22)30)16(2)24(18)31-4/h5-9,29H,10-14H2,1-4H3. The van der Waals surface area contributed by atoms with Gasteiger partial charge in [0.2, 0.25) is 5.91 Å². The predicted molar refractivity (Wildman–Crippen MR) is 118 cm³/mol. The monoisotopic (exact) mass is 441 g/mol. The van der Waals surface area contributed by atoms with Crippen molar-refractivity contribution in [1.82, 2.24) is 4.90 Å². The second kappa shape index (κ2) is 9.85. The molecule has 170 valence electrons. The van der Waals surface area contributed by atoms with E-state index in [1.807, 2.05) is 19.9 Å². The quantitative estimate of drug-likeness (QED) is 0.484. The first kappa shape index (κ1) is 23.3. The van der Waals surface area contributed by atoms with Gasteiger partial charge in [0.05, 0.1) is 7.11 Å². The molecule has 6 nitrogen and oxygen atoms in total. The Morgan fingerprint density at radius 3 is 2.72 bits per heavy atom. The number of allylic oxidation sites excluding steroid dienone is 2. The number of methoxy groups -OCH3 is 1. The Balaban J connectivity index is 1.66. The van der Waals surface area contributed by atoms with Crippen molar-refractivity contribution in [2.45, 2.75) is 46.3 Å². The number of carbonyl (C=O) groups excluding carboxylic acids is 2. The maximum absolute atomic E-state index is 13.8. The minimum absolute atomic E-state index is 0.0856. The summed E-state index contributed by atoms with van der Waals surface area (Å²) in [4.78, 5) is 26.0. The third-order valence-corrected chi connectivity index (χ3v) is 5.83. The lowest BCUT2D eigenvalue weighted by molar-refractivity contribution is -0.130. The summed E-state index contributed by atoms with van der Waals surface area (Å²) in [5.41, 5.74) is 3.58. The van der Waals surface area contributed by atoms with Crippen LogP contribution in [0.25, 0.3) is 0 Å². The summed E-state index contributed by atoms with van der Waals surface area (Å²) in [7, 11) is 3.18. The molecule has 0 aliphatic carbocycles. The van der Waals surface area contributed by atoms with Crippen molar-refractivity contribution in [3.63, 3.8) is 0 Å². The number of aromatic hydroxyl groups is 1. The molecule has 0 unspecified atom stereocenters. The van der Waals surface area contributed by atoms with Crippen LogP contribution in [0.5, 0.6) is 11.5 Å². The van der Waals surface area contributed by atoms with Gasteiger partial charge in [0, 0.05) is 36.7 Å². The SMILES string of the molecule is COc1c(C)c2c(c(O)c1CC=C(C)CCC(=O)N(C)Cc1ccccc1F)C(=O)OC2. The molecule has 1 heterocycles. The van der Waals surface area contributed by atoms with Crippen molar-refractivity contribution in [2.24, 2.45) is 0 Å². The van der Waals surface area contributed by atoms with Gasteiger partial charge in [-0.15, -0.1) is 0 Å². The average Bonchev–Trinajstić information content (AvgIpc) is 3.17. The molecule has 0 saturated carbocycles.